The van der Waals surface area contributed by atoms with Gasteiger partial charge in [0.25, 0.3) is 0 Å². The summed E-state index contributed by atoms with van der Waals surface area (Å²) >= 11 is 0. The van der Waals surface area contributed by atoms with E-state index in [1.807, 2.05) is 24.3 Å². The number of sulfonamides is 1. The van der Waals surface area contributed by atoms with Gasteiger partial charge in [-0.2, -0.15) is 0 Å². The van der Waals surface area contributed by atoms with Gasteiger partial charge in [-0.3, -0.25) is 0 Å². The van der Waals surface area contributed by atoms with Gasteiger partial charge in [-0.05, 0) is 30.9 Å². The minimum absolute atomic E-state index is 0.0746. The van der Waals surface area contributed by atoms with Crippen molar-refractivity contribution in [3.05, 3.63) is 29.8 Å². The molecule has 2 aliphatic heterocycles. The summed E-state index contributed by atoms with van der Waals surface area (Å²) in [7, 11) is -3.28. The van der Waals surface area contributed by atoms with E-state index in [0.29, 0.717) is 13.2 Å². The lowest BCUT2D eigenvalue weighted by Crippen LogP contribution is -2.45. The number of ether oxygens (including phenoxy) is 1. The fourth-order valence-electron chi connectivity index (χ4n) is 2.85. The van der Waals surface area contributed by atoms with E-state index in [-0.39, 0.29) is 17.9 Å². The number of benzene rings is 1. The third-order valence-corrected chi connectivity index (χ3v) is 5.30. The van der Waals surface area contributed by atoms with Crippen molar-refractivity contribution in [2.45, 2.75) is 31.4 Å². The van der Waals surface area contributed by atoms with Crippen LogP contribution >= 0.6 is 0 Å². The first-order valence-electron chi connectivity index (χ1n) is 7.06. The Labute approximate surface area is 119 Å². The quantitative estimate of drug-likeness (QED) is 0.874. The lowest BCUT2D eigenvalue weighted by molar-refractivity contribution is 0.127. The first-order chi connectivity index (χ1) is 9.62. The second kappa shape index (κ2) is 5.71. The Balaban J connectivity index is 1.61. The van der Waals surface area contributed by atoms with Crippen molar-refractivity contribution in [2.24, 2.45) is 0 Å². The zero-order valence-corrected chi connectivity index (χ0v) is 12.2. The van der Waals surface area contributed by atoms with E-state index in [0.717, 1.165) is 30.5 Å². The largest absolute Gasteiger partial charge is 0.383 e. The van der Waals surface area contributed by atoms with E-state index in [4.69, 9.17) is 4.74 Å². The van der Waals surface area contributed by atoms with Crippen LogP contribution in [0.4, 0.5) is 5.69 Å². The van der Waals surface area contributed by atoms with Gasteiger partial charge < -0.3 is 10.1 Å². The van der Waals surface area contributed by atoms with Crippen LogP contribution in [-0.2, 0) is 21.2 Å². The predicted octanol–water partition coefficient (Wildman–Crippen LogP) is 1.12. The summed E-state index contributed by atoms with van der Waals surface area (Å²) in [6.07, 6.45) is 2.38. The Morgan fingerprint density at radius 2 is 2.20 bits per heavy atom. The highest BCUT2D eigenvalue weighted by Gasteiger charge is 2.27. The number of anilines is 1. The summed E-state index contributed by atoms with van der Waals surface area (Å²) in [6, 6.07) is 7.92. The molecule has 2 atom stereocenters. The van der Waals surface area contributed by atoms with Crippen LogP contribution in [0.15, 0.2) is 24.3 Å². The summed E-state index contributed by atoms with van der Waals surface area (Å²) in [5.74, 6) is 0.0746. The Morgan fingerprint density at radius 1 is 1.35 bits per heavy atom. The Kier molecular flexibility index (Phi) is 3.96. The molecule has 1 aromatic carbocycles. The predicted molar refractivity (Wildman–Crippen MR) is 78.3 cm³/mol. The molecule has 110 valence electrons. The van der Waals surface area contributed by atoms with E-state index >= 15 is 0 Å². The molecule has 0 bridgehead atoms. The molecule has 1 fully saturated rings. The number of fused-ring (bicyclic) bond motifs is 1. The smallest absolute Gasteiger partial charge is 0.214 e. The molecular formula is C14H20N2O3S. The molecule has 0 radical (unpaired) electrons. The third kappa shape index (κ3) is 3.31. The van der Waals surface area contributed by atoms with Gasteiger partial charge >= 0.3 is 0 Å². The maximum absolute atomic E-state index is 12.1. The van der Waals surface area contributed by atoms with Gasteiger partial charge in [-0.25, -0.2) is 13.1 Å². The molecule has 0 amide bonds. The molecule has 1 aromatic rings. The molecule has 2 heterocycles. The van der Waals surface area contributed by atoms with Gasteiger partial charge in [-0.15, -0.1) is 0 Å². The highest BCUT2D eigenvalue weighted by molar-refractivity contribution is 7.89. The molecule has 0 saturated carbocycles. The van der Waals surface area contributed by atoms with Crippen LogP contribution in [0.1, 0.15) is 18.4 Å². The van der Waals surface area contributed by atoms with Gasteiger partial charge in [0.1, 0.15) is 0 Å². The van der Waals surface area contributed by atoms with Crippen LogP contribution in [0.25, 0.3) is 0 Å². The molecule has 3 rings (SSSR count). The van der Waals surface area contributed by atoms with Crippen molar-refractivity contribution in [1.29, 1.82) is 0 Å². The van der Waals surface area contributed by atoms with Gasteiger partial charge in [0.2, 0.25) is 10.0 Å². The van der Waals surface area contributed by atoms with Crippen LogP contribution in [0.5, 0.6) is 0 Å². The molecule has 20 heavy (non-hydrogen) atoms. The molecule has 2 N–H and O–H groups in total. The van der Waals surface area contributed by atoms with E-state index < -0.39 is 10.0 Å². The average molecular weight is 296 g/mol. The number of hydrogen-bond acceptors (Lipinski definition) is 4. The average Bonchev–Trinajstić information content (AvgIpc) is 2.90. The minimum Gasteiger partial charge on any atom is -0.383 e. The Morgan fingerprint density at radius 3 is 3.00 bits per heavy atom. The summed E-state index contributed by atoms with van der Waals surface area (Å²) in [4.78, 5) is 0. The van der Waals surface area contributed by atoms with Crippen molar-refractivity contribution >= 4 is 15.7 Å². The highest BCUT2D eigenvalue weighted by Crippen LogP contribution is 2.21. The number of nitrogens with one attached hydrogen (secondary N) is 2. The Hall–Kier alpha value is -1.11. The first kappa shape index (κ1) is 13.9. The van der Waals surface area contributed by atoms with E-state index in [2.05, 4.69) is 10.0 Å². The second-order valence-corrected chi connectivity index (χ2v) is 7.27. The topological polar surface area (TPSA) is 67.4 Å². The van der Waals surface area contributed by atoms with Gasteiger partial charge in [0.15, 0.2) is 0 Å². The monoisotopic (exact) mass is 296 g/mol. The van der Waals surface area contributed by atoms with Crippen LogP contribution in [0, 0.1) is 0 Å². The second-order valence-electron chi connectivity index (χ2n) is 5.47. The van der Waals surface area contributed by atoms with Crippen LogP contribution in [0.2, 0.25) is 0 Å². The lowest BCUT2D eigenvalue weighted by atomic mass is 10.0. The molecule has 1 saturated heterocycles. The fourth-order valence-corrected chi connectivity index (χ4v) is 4.37. The van der Waals surface area contributed by atoms with Gasteiger partial charge in [0, 0.05) is 24.9 Å². The van der Waals surface area contributed by atoms with E-state index in [9.17, 15) is 8.42 Å². The molecule has 0 spiro atoms. The lowest BCUT2D eigenvalue weighted by Gasteiger charge is -2.27. The van der Waals surface area contributed by atoms with Gasteiger partial charge in [0.05, 0.1) is 11.9 Å². The van der Waals surface area contributed by atoms with Crippen molar-refractivity contribution in [3.8, 4) is 0 Å². The summed E-state index contributed by atoms with van der Waals surface area (Å²) in [5.41, 5.74) is 2.26. The summed E-state index contributed by atoms with van der Waals surface area (Å²) in [5, 5.41) is 3.27. The minimum atomic E-state index is -3.28. The van der Waals surface area contributed by atoms with Crippen molar-refractivity contribution in [3.63, 3.8) is 0 Å². The fraction of sp³-hybridized carbons (Fsp3) is 0.571. The van der Waals surface area contributed by atoms with Crippen LogP contribution in [0.3, 0.4) is 0 Å². The SMILES string of the molecule is O=S(=O)(CC1CCCO1)NC1CNc2ccccc2C1. The zero-order chi connectivity index (χ0) is 14.0. The van der Waals surface area contributed by atoms with E-state index in [1.165, 1.54) is 0 Å². The first-order valence-corrected chi connectivity index (χ1v) is 8.71. The number of hydrogen-bond donors (Lipinski definition) is 2. The van der Waals surface area contributed by atoms with Crippen LogP contribution < -0.4 is 10.0 Å². The van der Waals surface area contributed by atoms with Gasteiger partial charge in [-0.1, -0.05) is 18.2 Å². The third-order valence-electron chi connectivity index (χ3n) is 3.80. The summed E-state index contributed by atoms with van der Waals surface area (Å²) in [6.45, 7) is 1.31. The normalized spacial score (nSPS) is 26.0. The van der Waals surface area contributed by atoms with Crippen molar-refractivity contribution in [2.75, 3.05) is 24.2 Å². The maximum atomic E-state index is 12.1. The molecule has 6 heteroatoms. The molecule has 2 aliphatic rings. The molecule has 5 nitrogen and oxygen atoms in total. The summed E-state index contributed by atoms with van der Waals surface area (Å²) < 4.78 is 32.5. The maximum Gasteiger partial charge on any atom is 0.214 e. The van der Waals surface area contributed by atoms with Crippen molar-refractivity contribution in [1.82, 2.24) is 4.72 Å². The number of rotatable bonds is 4. The zero-order valence-electron chi connectivity index (χ0n) is 11.3. The Bertz CT molecular complexity index is 568. The molecule has 0 aliphatic carbocycles. The number of para-hydroxylation sites is 1. The van der Waals surface area contributed by atoms with E-state index in [1.54, 1.807) is 0 Å². The standard InChI is InChI=1S/C14H20N2O3S/c17-20(18,10-13-5-3-7-19-13)16-12-8-11-4-1-2-6-14(11)15-9-12/h1-2,4,6,12-13,15-16H,3,5,7-10H2. The molecular weight excluding hydrogens is 276 g/mol. The molecule has 0 aromatic heterocycles. The molecule has 2 unspecified atom stereocenters. The van der Waals surface area contributed by atoms with Crippen LogP contribution in [-0.4, -0.2) is 39.5 Å². The van der Waals surface area contributed by atoms with Crippen molar-refractivity contribution < 1.29 is 13.2 Å². The highest BCUT2D eigenvalue weighted by atomic mass is 32.2.